The molecule has 6 unspecified atom stereocenters. The Morgan fingerprint density at radius 1 is 0.652 bits per heavy atom. The second-order valence-electron chi connectivity index (χ2n) is 18.5. The number of carboxylic acid groups (broad SMARTS) is 8. The Kier molecular flexibility index (Phi) is 13.9. The van der Waals surface area contributed by atoms with Gasteiger partial charge in [0.25, 0.3) is 0 Å². The van der Waals surface area contributed by atoms with Gasteiger partial charge in [-0.3, -0.25) is 58.1 Å². The molecule has 0 aromatic carbocycles. The van der Waals surface area contributed by atoms with Gasteiger partial charge in [0.15, 0.2) is 5.78 Å². The lowest BCUT2D eigenvalue weighted by Crippen LogP contribution is -2.59. The van der Waals surface area contributed by atoms with E-state index in [9.17, 15) is 84.0 Å². The summed E-state index contributed by atoms with van der Waals surface area (Å²) >= 11 is 0. The van der Waals surface area contributed by atoms with Gasteiger partial charge in [-0.15, -0.1) is 0 Å². The highest BCUT2D eigenvalue weighted by Crippen LogP contribution is 2.61. The smallest absolute Gasteiger partial charge is 0.307 e. The number of Topliss-reactive ketones (excluding diaryl/α,β-unsaturated/α-hetero) is 1. The summed E-state index contributed by atoms with van der Waals surface area (Å²) in [5, 5.41) is 84.8. The lowest BCUT2D eigenvalue weighted by molar-refractivity contribution is -0.143. The number of nitrogens with zero attached hydrogens (tertiary/aromatic N) is 3. The highest BCUT2D eigenvalue weighted by molar-refractivity contribution is 6.18. The molecule has 9 N–H and O–H groups in total. The van der Waals surface area contributed by atoms with E-state index in [-0.39, 0.29) is 95.0 Å². The molecule has 21 nitrogen and oxygen atoms in total. The molecule has 1 fully saturated rings. The number of allylic oxidation sites excluding steroid dienone is 4. The molecule has 21 heteroatoms. The minimum Gasteiger partial charge on any atom is -0.481 e. The van der Waals surface area contributed by atoms with Crippen molar-refractivity contribution in [2.75, 3.05) is 0 Å². The number of carbonyl (C=O) groups is 9. The Morgan fingerprint density at radius 2 is 1.21 bits per heavy atom. The largest absolute Gasteiger partial charge is 0.481 e. The molecule has 5 rings (SSSR count). The summed E-state index contributed by atoms with van der Waals surface area (Å²) in [6.07, 6.45) is -5.82. The van der Waals surface area contributed by atoms with E-state index in [0.29, 0.717) is 0 Å². The molecule has 0 aromatic rings. The second kappa shape index (κ2) is 18.2. The number of hydrogen-bond acceptors (Lipinski definition) is 13. The van der Waals surface area contributed by atoms with Gasteiger partial charge in [0.2, 0.25) is 0 Å². The molecule has 6 atom stereocenters. The van der Waals surface area contributed by atoms with Crippen LogP contribution in [-0.4, -0.2) is 123 Å². The number of ketones is 1. The van der Waals surface area contributed by atoms with Gasteiger partial charge in [0, 0.05) is 83.5 Å². The van der Waals surface area contributed by atoms with Gasteiger partial charge in [-0.25, -0.2) is 0 Å². The molecule has 0 amide bonds. The van der Waals surface area contributed by atoms with Crippen LogP contribution in [0.1, 0.15) is 125 Å². The molecule has 0 aliphatic carbocycles. The molecule has 1 saturated heterocycles. The van der Waals surface area contributed by atoms with Crippen LogP contribution in [0.25, 0.3) is 0 Å². The fraction of sp³-hybridized carbons (Fsp3) is 0.556. The fourth-order valence-corrected chi connectivity index (χ4v) is 11.0. The van der Waals surface area contributed by atoms with Gasteiger partial charge in [-0.1, -0.05) is 13.8 Å². The van der Waals surface area contributed by atoms with E-state index in [1.807, 2.05) is 0 Å². The summed E-state index contributed by atoms with van der Waals surface area (Å²) in [7, 11) is 0. The van der Waals surface area contributed by atoms with Crippen LogP contribution in [0.3, 0.4) is 0 Å². The molecule has 66 heavy (non-hydrogen) atoms. The van der Waals surface area contributed by atoms with E-state index >= 15 is 0 Å². The molecule has 0 saturated carbocycles. The number of aliphatic imine (C=N–C) groups is 3. The van der Waals surface area contributed by atoms with Crippen LogP contribution in [0.15, 0.2) is 60.4 Å². The first-order valence-corrected chi connectivity index (χ1v) is 21.2. The number of carboxylic acids is 8. The van der Waals surface area contributed by atoms with Crippen molar-refractivity contribution < 1.29 is 84.0 Å². The third-order valence-electron chi connectivity index (χ3n) is 14.1. The molecule has 356 valence electrons. The normalized spacial score (nSPS) is 29.0. The van der Waals surface area contributed by atoms with Crippen molar-refractivity contribution >= 4 is 70.7 Å². The van der Waals surface area contributed by atoms with Crippen molar-refractivity contribution in [1.29, 1.82) is 0 Å². The standard InChI is InChI=1S/C45H54N4O17/c1-21(50)45-40-26(15-37(61)62)41(2,13-12-35(57)58)30(47-40)16-27-22(6-9-32(51)52)25(14-36(59)60)44(5,48-27)18-29-23(7-10-33(53)54)42(3,19-38(63)64)31(46-29)17-28(49-45)24(8-11-34(55)56)43(45,4)20-39(65)66/h17,24,49H,6-16,18-20H2,1-5H3,(H,51,52)(H,53,54)(H,55,56)(H,57,58)(H,59,60)(H,61,62)(H,63,64)(H,65,66). The average molecular weight is 923 g/mol. The Morgan fingerprint density at radius 3 is 1.74 bits per heavy atom. The van der Waals surface area contributed by atoms with Crippen molar-refractivity contribution in [3.05, 3.63) is 45.5 Å². The van der Waals surface area contributed by atoms with Gasteiger partial charge < -0.3 is 46.2 Å². The number of nitrogens with one attached hydrogen (secondary N) is 1. The van der Waals surface area contributed by atoms with Crippen LogP contribution >= 0.6 is 0 Å². The Hall–Kier alpha value is -6.80. The molecule has 0 radical (unpaired) electrons. The fourth-order valence-electron chi connectivity index (χ4n) is 11.0. The van der Waals surface area contributed by atoms with Crippen LogP contribution in [0, 0.1) is 22.2 Å². The molecule has 5 aliphatic rings. The predicted octanol–water partition coefficient (Wildman–Crippen LogP) is 4.52. The zero-order valence-corrected chi connectivity index (χ0v) is 37.1. The molecule has 5 aliphatic heterocycles. The highest BCUT2D eigenvalue weighted by atomic mass is 16.4. The summed E-state index contributed by atoms with van der Waals surface area (Å²) < 4.78 is 0. The number of rotatable bonds is 21. The van der Waals surface area contributed by atoms with Gasteiger partial charge in [-0.2, -0.15) is 0 Å². The summed E-state index contributed by atoms with van der Waals surface area (Å²) in [6, 6.07) is 0. The van der Waals surface area contributed by atoms with E-state index in [1.165, 1.54) is 26.8 Å². The summed E-state index contributed by atoms with van der Waals surface area (Å²) in [5.41, 5.74) is -8.74. The van der Waals surface area contributed by atoms with Gasteiger partial charge >= 0.3 is 47.8 Å². The first kappa shape index (κ1) is 50.2. The average Bonchev–Trinajstić information content (AvgIpc) is 3.75. The van der Waals surface area contributed by atoms with E-state index < -0.39 is 138 Å². The molecular weight excluding hydrogens is 869 g/mol. The topological polar surface area (TPSA) is 365 Å². The summed E-state index contributed by atoms with van der Waals surface area (Å²) in [6.45, 7) is 7.08. The number of aliphatic carboxylic acids is 8. The number of fused-ring (bicyclic) bond motifs is 6. The monoisotopic (exact) mass is 922 g/mol. The maximum absolute atomic E-state index is 14.8. The van der Waals surface area contributed by atoms with Crippen LogP contribution in [0.5, 0.6) is 0 Å². The van der Waals surface area contributed by atoms with E-state index in [4.69, 9.17) is 15.0 Å². The molecule has 0 aromatic heterocycles. The van der Waals surface area contributed by atoms with Crippen LogP contribution in [-0.2, 0) is 43.2 Å². The van der Waals surface area contributed by atoms with Gasteiger partial charge in [0.05, 0.1) is 42.6 Å². The Bertz CT molecular complexity index is 2460. The first-order chi connectivity index (χ1) is 30.5. The summed E-state index contributed by atoms with van der Waals surface area (Å²) in [5.74, 6) is -12.7. The third kappa shape index (κ3) is 9.19. The van der Waals surface area contributed by atoms with Crippen molar-refractivity contribution in [2.24, 2.45) is 37.1 Å². The second-order valence-corrected chi connectivity index (χ2v) is 18.5. The zero-order valence-electron chi connectivity index (χ0n) is 37.1. The lowest BCUT2D eigenvalue weighted by atomic mass is 9.59. The number of carbonyl (C=O) groups excluding carboxylic acids is 1. The SMILES string of the molecule is CC(=O)C12NC(=CC3=NC(=C(CCC(=O)O)C3(C)CC(=O)O)CC3(C)N=C(CC4=NC1=C(CC(=O)O)C4(C)CCC(=O)O)C(CCC(=O)O)=C3CC(=O)O)C(CCC(=O)O)C2(C)CC(=O)O. The summed E-state index contributed by atoms with van der Waals surface area (Å²) in [4.78, 5) is 130. The maximum Gasteiger partial charge on any atom is 0.307 e. The molecular formula is C45H54N4O17. The quantitative estimate of drug-likeness (QED) is 0.0764. The predicted molar refractivity (Wildman–Crippen MR) is 230 cm³/mol. The van der Waals surface area contributed by atoms with E-state index in [2.05, 4.69) is 5.32 Å². The molecule has 8 bridgehead atoms. The molecule has 5 heterocycles. The minimum atomic E-state index is -2.33. The zero-order chi connectivity index (χ0) is 49.5. The van der Waals surface area contributed by atoms with Crippen molar-refractivity contribution in [3.63, 3.8) is 0 Å². The number of hydrogen-bond donors (Lipinski definition) is 9. The van der Waals surface area contributed by atoms with E-state index in [1.54, 1.807) is 6.92 Å². The maximum atomic E-state index is 14.8. The third-order valence-corrected chi connectivity index (χ3v) is 14.1. The van der Waals surface area contributed by atoms with Gasteiger partial charge in [0.1, 0.15) is 5.54 Å². The van der Waals surface area contributed by atoms with Crippen LogP contribution in [0.4, 0.5) is 0 Å². The van der Waals surface area contributed by atoms with Crippen LogP contribution < -0.4 is 5.32 Å². The minimum absolute atomic E-state index is 0.00606. The Balaban J connectivity index is 2.05. The highest BCUT2D eigenvalue weighted by Gasteiger charge is 2.67. The first-order valence-electron chi connectivity index (χ1n) is 21.2. The van der Waals surface area contributed by atoms with Gasteiger partial charge in [-0.05, 0) is 74.8 Å². The lowest BCUT2D eigenvalue weighted by Gasteiger charge is -2.44. The van der Waals surface area contributed by atoms with Crippen LogP contribution in [0.2, 0.25) is 0 Å². The Labute approximate surface area is 377 Å². The van der Waals surface area contributed by atoms with Crippen molar-refractivity contribution in [1.82, 2.24) is 5.32 Å². The molecule has 0 spiro atoms. The van der Waals surface area contributed by atoms with Crippen molar-refractivity contribution in [3.8, 4) is 0 Å². The van der Waals surface area contributed by atoms with E-state index in [0.717, 1.165) is 6.92 Å². The van der Waals surface area contributed by atoms with Crippen molar-refractivity contribution in [2.45, 2.75) is 136 Å².